The molecule has 0 saturated heterocycles. The first kappa shape index (κ1) is 16.9. The Morgan fingerprint density at radius 1 is 1.48 bits per heavy atom. The molecule has 2 amide bonds. The minimum absolute atomic E-state index is 0.0578. The largest absolute Gasteiger partial charge is 0.480 e. The molecule has 6 heteroatoms. The number of rotatable bonds is 5. The van der Waals surface area contributed by atoms with Crippen LogP contribution in [-0.2, 0) is 4.79 Å². The van der Waals surface area contributed by atoms with Crippen LogP contribution in [0.2, 0.25) is 5.02 Å². The summed E-state index contributed by atoms with van der Waals surface area (Å²) in [4.78, 5) is 25.7. The van der Waals surface area contributed by atoms with Gasteiger partial charge in [0.15, 0.2) is 0 Å². The number of amides is 2. The fourth-order valence-corrected chi connectivity index (χ4v) is 2.04. The summed E-state index contributed by atoms with van der Waals surface area (Å²) in [5.74, 6) is 1.18. The average molecular weight is 309 g/mol. The van der Waals surface area contributed by atoms with Crippen molar-refractivity contribution in [2.24, 2.45) is 0 Å². The lowest BCUT2D eigenvalue weighted by atomic mass is 10.1. The Morgan fingerprint density at radius 2 is 2.14 bits per heavy atom. The molecule has 21 heavy (non-hydrogen) atoms. The van der Waals surface area contributed by atoms with Gasteiger partial charge in [-0.15, -0.1) is 6.42 Å². The quantitative estimate of drug-likeness (QED) is 0.850. The lowest BCUT2D eigenvalue weighted by molar-refractivity contribution is -0.137. The first-order valence-electron chi connectivity index (χ1n) is 6.29. The second-order valence-electron chi connectivity index (χ2n) is 4.58. The van der Waals surface area contributed by atoms with Gasteiger partial charge in [-0.1, -0.05) is 29.7 Å². The van der Waals surface area contributed by atoms with Crippen LogP contribution in [-0.4, -0.2) is 47.0 Å². The number of benzene rings is 1. The van der Waals surface area contributed by atoms with Gasteiger partial charge in [-0.3, -0.25) is 4.79 Å². The summed E-state index contributed by atoms with van der Waals surface area (Å²) in [5, 5.41) is 9.41. The van der Waals surface area contributed by atoms with Crippen LogP contribution in [0.4, 0.5) is 4.79 Å². The van der Waals surface area contributed by atoms with Gasteiger partial charge in [0.25, 0.3) is 0 Å². The van der Waals surface area contributed by atoms with E-state index in [0.717, 1.165) is 10.5 Å². The molecule has 0 aliphatic rings. The van der Waals surface area contributed by atoms with Gasteiger partial charge in [0.1, 0.15) is 6.54 Å². The number of carbonyl (C=O) groups excluding carboxylic acids is 1. The molecule has 0 aliphatic heterocycles. The number of urea groups is 1. The minimum Gasteiger partial charge on any atom is -0.480 e. The molecule has 0 heterocycles. The molecule has 0 bridgehead atoms. The van der Waals surface area contributed by atoms with Crippen LogP contribution in [0.25, 0.3) is 0 Å². The first-order chi connectivity index (χ1) is 9.86. The summed E-state index contributed by atoms with van der Waals surface area (Å²) in [6.07, 6.45) is 5.18. The molecule has 0 radical (unpaired) electrons. The zero-order chi connectivity index (χ0) is 16.0. The highest BCUT2D eigenvalue weighted by Gasteiger charge is 2.24. The number of hydrogen-bond donors (Lipinski definition) is 1. The fourth-order valence-electron chi connectivity index (χ4n) is 1.84. The maximum absolute atomic E-state index is 12.3. The van der Waals surface area contributed by atoms with Gasteiger partial charge < -0.3 is 14.9 Å². The number of aliphatic carboxylic acids is 1. The number of carboxylic acid groups (broad SMARTS) is 1. The Hall–Kier alpha value is -2.19. The molecule has 1 aromatic carbocycles. The molecule has 1 atom stereocenters. The summed E-state index contributed by atoms with van der Waals surface area (Å²) in [5.41, 5.74) is 0.856. The molecule has 1 N–H and O–H groups in total. The maximum atomic E-state index is 12.3. The number of carbonyl (C=O) groups is 2. The predicted molar refractivity (Wildman–Crippen MR) is 81.1 cm³/mol. The molecular formula is C15H17ClN2O3. The zero-order valence-corrected chi connectivity index (χ0v) is 12.7. The topological polar surface area (TPSA) is 60.9 Å². The van der Waals surface area contributed by atoms with Crippen molar-refractivity contribution < 1.29 is 14.7 Å². The lowest BCUT2D eigenvalue weighted by Gasteiger charge is -2.30. The molecule has 1 rings (SSSR count). The smallest absolute Gasteiger partial charge is 0.323 e. The Kier molecular flexibility index (Phi) is 6.07. The summed E-state index contributed by atoms with van der Waals surface area (Å²) in [6, 6.07) is 6.45. The summed E-state index contributed by atoms with van der Waals surface area (Å²) in [6.45, 7) is 1.34. The van der Waals surface area contributed by atoms with E-state index in [4.69, 9.17) is 23.1 Å². The van der Waals surface area contributed by atoms with Crippen molar-refractivity contribution in [2.75, 3.05) is 20.1 Å². The van der Waals surface area contributed by atoms with Gasteiger partial charge >= 0.3 is 12.0 Å². The van der Waals surface area contributed by atoms with E-state index in [-0.39, 0.29) is 12.6 Å². The van der Waals surface area contributed by atoms with Crippen molar-refractivity contribution in [1.82, 2.24) is 9.80 Å². The SMILES string of the molecule is C#CCN(CC(=O)O)C(=O)N(C)C(C)c1cccc(Cl)c1. The summed E-state index contributed by atoms with van der Waals surface area (Å²) < 4.78 is 0. The van der Waals surface area contributed by atoms with Crippen LogP contribution in [0.1, 0.15) is 18.5 Å². The summed E-state index contributed by atoms with van der Waals surface area (Å²) >= 11 is 5.94. The second-order valence-corrected chi connectivity index (χ2v) is 5.01. The van der Waals surface area contributed by atoms with Crippen LogP contribution in [0.3, 0.4) is 0 Å². The highest BCUT2D eigenvalue weighted by molar-refractivity contribution is 6.30. The van der Waals surface area contributed by atoms with Crippen molar-refractivity contribution in [3.8, 4) is 12.3 Å². The predicted octanol–water partition coefficient (Wildman–Crippen LogP) is 2.47. The van der Waals surface area contributed by atoms with E-state index < -0.39 is 18.5 Å². The molecule has 1 unspecified atom stereocenters. The van der Waals surface area contributed by atoms with Gasteiger partial charge in [0.2, 0.25) is 0 Å². The Labute approximate surface area is 129 Å². The standard InChI is InChI=1S/C15H17ClN2O3/c1-4-8-18(10-14(19)20)15(21)17(3)11(2)12-6-5-7-13(16)9-12/h1,5-7,9,11H,8,10H2,2-3H3,(H,19,20). The third kappa shape index (κ3) is 4.69. The van der Waals surface area contributed by atoms with Crippen LogP contribution in [0.5, 0.6) is 0 Å². The van der Waals surface area contributed by atoms with Crippen LogP contribution >= 0.6 is 11.6 Å². The molecule has 112 valence electrons. The Morgan fingerprint density at radius 3 is 2.67 bits per heavy atom. The fraction of sp³-hybridized carbons (Fsp3) is 0.333. The van der Waals surface area contributed by atoms with Gasteiger partial charge in [0, 0.05) is 12.1 Å². The second kappa shape index (κ2) is 7.55. The van der Waals surface area contributed by atoms with E-state index >= 15 is 0 Å². The number of nitrogens with zero attached hydrogens (tertiary/aromatic N) is 2. The Balaban J connectivity index is 2.89. The number of hydrogen-bond acceptors (Lipinski definition) is 2. The summed E-state index contributed by atoms with van der Waals surface area (Å²) in [7, 11) is 1.60. The zero-order valence-electron chi connectivity index (χ0n) is 11.9. The van der Waals surface area contributed by atoms with Crippen LogP contribution in [0, 0.1) is 12.3 Å². The number of carboxylic acids is 1. The van der Waals surface area contributed by atoms with E-state index in [9.17, 15) is 9.59 Å². The van der Waals surface area contributed by atoms with E-state index in [1.807, 2.05) is 13.0 Å². The first-order valence-corrected chi connectivity index (χ1v) is 6.67. The van der Waals surface area contributed by atoms with Crippen molar-refractivity contribution in [2.45, 2.75) is 13.0 Å². The van der Waals surface area contributed by atoms with E-state index in [2.05, 4.69) is 5.92 Å². The van der Waals surface area contributed by atoms with Crippen LogP contribution < -0.4 is 0 Å². The third-order valence-electron chi connectivity index (χ3n) is 3.09. The monoisotopic (exact) mass is 308 g/mol. The van der Waals surface area contributed by atoms with Gasteiger partial charge in [0.05, 0.1) is 12.6 Å². The number of halogens is 1. The van der Waals surface area contributed by atoms with E-state index in [1.165, 1.54) is 4.90 Å². The van der Waals surface area contributed by atoms with Crippen molar-refractivity contribution in [3.63, 3.8) is 0 Å². The van der Waals surface area contributed by atoms with Crippen molar-refractivity contribution >= 4 is 23.6 Å². The van der Waals surface area contributed by atoms with E-state index in [1.54, 1.807) is 25.2 Å². The van der Waals surface area contributed by atoms with Gasteiger partial charge in [-0.25, -0.2) is 4.79 Å². The highest BCUT2D eigenvalue weighted by atomic mass is 35.5. The molecular weight excluding hydrogens is 292 g/mol. The maximum Gasteiger partial charge on any atom is 0.323 e. The minimum atomic E-state index is -1.11. The van der Waals surface area contributed by atoms with Crippen LogP contribution in [0.15, 0.2) is 24.3 Å². The Bertz CT molecular complexity index is 568. The normalized spacial score (nSPS) is 11.3. The lowest BCUT2D eigenvalue weighted by Crippen LogP contribution is -2.44. The van der Waals surface area contributed by atoms with Crippen molar-refractivity contribution in [1.29, 1.82) is 0 Å². The number of terminal acetylenes is 1. The third-order valence-corrected chi connectivity index (χ3v) is 3.33. The van der Waals surface area contributed by atoms with E-state index in [0.29, 0.717) is 5.02 Å². The molecule has 5 nitrogen and oxygen atoms in total. The molecule has 0 aromatic heterocycles. The molecule has 0 spiro atoms. The molecule has 0 saturated carbocycles. The molecule has 0 aliphatic carbocycles. The average Bonchev–Trinajstić information content (AvgIpc) is 2.44. The van der Waals surface area contributed by atoms with Gasteiger partial charge in [-0.2, -0.15) is 0 Å². The molecule has 1 aromatic rings. The van der Waals surface area contributed by atoms with Crippen molar-refractivity contribution in [3.05, 3.63) is 34.9 Å². The highest BCUT2D eigenvalue weighted by Crippen LogP contribution is 2.22. The molecule has 0 fully saturated rings. The van der Waals surface area contributed by atoms with Gasteiger partial charge in [-0.05, 0) is 24.6 Å².